The quantitative estimate of drug-likeness (QED) is 0.496. The molecule has 0 spiro atoms. The molecule has 0 bridgehead atoms. The third kappa shape index (κ3) is 4.08. The minimum atomic E-state index is 0. The minimum absolute atomic E-state index is 0. The molecule has 0 aromatic carbocycles. The average Bonchev–Trinajstić information content (AvgIpc) is 3.06. The molecule has 0 saturated heterocycles. The number of nitrogens with zero attached hydrogens (tertiary/aromatic N) is 3. The van der Waals surface area contributed by atoms with E-state index in [-0.39, 0.29) is 24.0 Å². The van der Waals surface area contributed by atoms with Crippen molar-refractivity contribution in [3.63, 3.8) is 0 Å². The highest BCUT2D eigenvalue weighted by Gasteiger charge is 2.27. The molecule has 2 rings (SSSR count). The van der Waals surface area contributed by atoms with Gasteiger partial charge in [0.15, 0.2) is 5.96 Å². The van der Waals surface area contributed by atoms with Crippen LogP contribution in [0, 0.1) is 13.8 Å². The lowest BCUT2D eigenvalue weighted by Crippen LogP contribution is -2.35. The van der Waals surface area contributed by atoms with Crippen LogP contribution in [0.15, 0.2) is 4.99 Å². The Morgan fingerprint density at radius 3 is 2.67 bits per heavy atom. The lowest BCUT2D eigenvalue weighted by molar-refractivity contribution is 0.487. The van der Waals surface area contributed by atoms with E-state index in [9.17, 15) is 0 Å². The van der Waals surface area contributed by atoms with E-state index in [2.05, 4.69) is 21.8 Å². The van der Waals surface area contributed by atoms with Gasteiger partial charge in [-0.25, -0.2) is 4.98 Å². The van der Waals surface area contributed by atoms with Crippen LogP contribution in [0.1, 0.15) is 28.4 Å². The SMILES string of the molecule is Cc1nc(CCN=C(N)N(C)C2CC2)sc1C.I. The molecule has 6 heteroatoms. The highest BCUT2D eigenvalue weighted by Crippen LogP contribution is 2.24. The molecule has 0 atom stereocenters. The number of hydrogen-bond donors (Lipinski definition) is 1. The van der Waals surface area contributed by atoms with Crippen molar-refractivity contribution in [2.24, 2.45) is 10.7 Å². The number of aromatic nitrogens is 1. The van der Waals surface area contributed by atoms with E-state index in [4.69, 9.17) is 5.73 Å². The van der Waals surface area contributed by atoms with E-state index in [1.165, 1.54) is 17.7 Å². The largest absolute Gasteiger partial charge is 0.370 e. The zero-order valence-electron chi connectivity index (χ0n) is 11.1. The third-order valence-corrected chi connectivity index (χ3v) is 4.26. The second kappa shape index (κ2) is 6.70. The van der Waals surface area contributed by atoms with Crippen LogP contribution in [-0.4, -0.2) is 35.5 Å². The molecule has 0 aliphatic heterocycles. The van der Waals surface area contributed by atoms with Gasteiger partial charge in [0, 0.05) is 30.9 Å². The zero-order valence-corrected chi connectivity index (χ0v) is 14.3. The Kier molecular flexibility index (Phi) is 5.84. The van der Waals surface area contributed by atoms with Crippen molar-refractivity contribution < 1.29 is 0 Å². The molecule has 1 aliphatic rings. The fourth-order valence-electron chi connectivity index (χ4n) is 1.67. The molecular weight excluding hydrogens is 359 g/mol. The first-order chi connectivity index (χ1) is 8.08. The van der Waals surface area contributed by atoms with E-state index in [0.29, 0.717) is 12.0 Å². The Balaban J connectivity index is 0.00000162. The lowest BCUT2D eigenvalue weighted by atomic mass is 10.4. The Labute approximate surface area is 130 Å². The number of nitrogens with two attached hydrogens (primary N) is 1. The van der Waals surface area contributed by atoms with E-state index in [0.717, 1.165) is 23.7 Å². The van der Waals surface area contributed by atoms with Gasteiger partial charge in [-0.15, -0.1) is 35.3 Å². The summed E-state index contributed by atoms with van der Waals surface area (Å²) >= 11 is 1.76. The molecule has 1 saturated carbocycles. The summed E-state index contributed by atoms with van der Waals surface area (Å²) in [6, 6.07) is 0.628. The predicted molar refractivity (Wildman–Crippen MR) is 88.0 cm³/mol. The number of aryl methyl sites for hydroxylation is 2. The highest BCUT2D eigenvalue weighted by atomic mass is 127. The maximum absolute atomic E-state index is 5.92. The molecular formula is C12H21IN4S. The topological polar surface area (TPSA) is 54.5 Å². The molecule has 0 amide bonds. The van der Waals surface area contributed by atoms with Gasteiger partial charge >= 0.3 is 0 Å². The second-order valence-electron chi connectivity index (χ2n) is 4.58. The normalized spacial score (nSPS) is 15.4. The van der Waals surface area contributed by atoms with Gasteiger partial charge in [0.2, 0.25) is 0 Å². The van der Waals surface area contributed by atoms with Gasteiger partial charge in [-0.05, 0) is 26.7 Å². The van der Waals surface area contributed by atoms with Crippen LogP contribution in [-0.2, 0) is 6.42 Å². The second-order valence-corrected chi connectivity index (χ2v) is 5.87. The van der Waals surface area contributed by atoms with Crippen molar-refractivity contribution in [3.05, 3.63) is 15.6 Å². The predicted octanol–water partition coefficient (Wildman–Crippen LogP) is 2.33. The van der Waals surface area contributed by atoms with Crippen molar-refractivity contribution >= 4 is 41.3 Å². The summed E-state index contributed by atoms with van der Waals surface area (Å²) in [7, 11) is 2.02. The molecule has 1 aromatic rings. The minimum Gasteiger partial charge on any atom is -0.370 e. The zero-order chi connectivity index (χ0) is 12.4. The maximum Gasteiger partial charge on any atom is 0.191 e. The first-order valence-electron chi connectivity index (χ1n) is 6.03. The van der Waals surface area contributed by atoms with Crippen LogP contribution < -0.4 is 5.73 Å². The van der Waals surface area contributed by atoms with Gasteiger partial charge in [0.25, 0.3) is 0 Å². The fourth-order valence-corrected chi connectivity index (χ4v) is 2.60. The monoisotopic (exact) mass is 380 g/mol. The van der Waals surface area contributed by atoms with Crippen molar-refractivity contribution in [1.29, 1.82) is 0 Å². The van der Waals surface area contributed by atoms with Crippen molar-refractivity contribution in [1.82, 2.24) is 9.88 Å². The molecule has 0 unspecified atom stereocenters. The number of hydrogen-bond acceptors (Lipinski definition) is 3. The van der Waals surface area contributed by atoms with Crippen LogP contribution >= 0.6 is 35.3 Å². The first-order valence-corrected chi connectivity index (χ1v) is 6.85. The van der Waals surface area contributed by atoms with Crippen LogP contribution in [0.5, 0.6) is 0 Å². The fraction of sp³-hybridized carbons (Fsp3) is 0.667. The Morgan fingerprint density at radius 1 is 1.50 bits per heavy atom. The van der Waals surface area contributed by atoms with E-state index >= 15 is 0 Å². The van der Waals surface area contributed by atoms with Gasteiger partial charge in [-0.2, -0.15) is 0 Å². The van der Waals surface area contributed by atoms with Gasteiger partial charge in [0.1, 0.15) is 0 Å². The van der Waals surface area contributed by atoms with Crippen LogP contribution in [0.3, 0.4) is 0 Å². The molecule has 0 radical (unpaired) electrons. The van der Waals surface area contributed by atoms with Crippen LogP contribution in [0.2, 0.25) is 0 Å². The van der Waals surface area contributed by atoms with Gasteiger partial charge < -0.3 is 10.6 Å². The molecule has 1 heterocycles. The summed E-state index contributed by atoms with van der Waals surface area (Å²) in [6.45, 7) is 4.89. The van der Waals surface area contributed by atoms with Crippen molar-refractivity contribution in [3.8, 4) is 0 Å². The van der Waals surface area contributed by atoms with Gasteiger partial charge in [-0.1, -0.05) is 0 Å². The van der Waals surface area contributed by atoms with E-state index < -0.39 is 0 Å². The average molecular weight is 380 g/mol. The maximum atomic E-state index is 5.92. The molecule has 1 aromatic heterocycles. The Bertz CT molecular complexity index is 406. The van der Waals surface area contributed by atoms with Crippen LogP contribution in [0.4, 0.5) is 0 Å². The van der Waals surface area contributed by atoms with Gasteiger partial charge in [0.05, 0.1) is 10.7 Å². The summed E-state index contributed by atoms with van der Waals surface area (Å²) in [4.78, 5) is 12.3. The lowest BCUT2D eigenvalue weighted by Gasteiger charge is -2.16. The molecule has 1 fully saturated rings. The molecule has 102 valence electrons. The van der Waals surface area contributed by atoms with Crippen molar-refractivity contribution in [2.75, 3.05) is 13.6 Å². The summed E-state index contributed by atoms with van der Waals surface area (Å²) in [5, 5.41) is 1.16. The number of guanidine groups is 1. The van der Waals surface area contributed by atoms with E-state index in [1.807, 2.05) is 14.0 Å². The van der Waals surface area contributed by atoms with Gasteiger partial charge in [-0.3, -0.25) is 4.99 Å². The highest BCUT2D eigenvalue weighted by molar-refractivity contribution is 14.0. The van der Waals surface area contributed by atoms with Crippen LogP contribution in [0.25, 0.3) is 0 Å². The summed E-state index contributed by atoms with van der Waals surface area (Å²) in [5.41, 5.74) is 7.05. The standard InChI is InChI=1S/C12H20N4S.HI/c1-8-9(2)17-11(15-8)6-7-14-12(13)16(3)10-4-5-10;/h10H,4-7H2,1-3H3,(H2,13,14);1H. The van der Waals surface area contributed by atoms with Crippen molar-refractivity contribution in [2.45, 2.75) is 39.2 Å². The summed E-state index contributed by atoms with van der Waals surface area (Å²) in [5.74, 6) is 0.664. The number of aliphatic imine (C=N–C) groups is 1. The Hall–Kier alpha value is -0.370. The first kappa shape index (κ1) is 15.7. The number of rotatable bonds is 4. The Morgan fingerprint density at radius 2 is 2.17 bits per heavy atom. The smallest absolute Gasteiger partial charge is 0.191 e. The third-order valence-electron chi connectivity index (χ3n) is 3.13. The molecule has 4 nitrogen and oxygen atoms in total. The number of halogens is 1. The summed E-state index contributed by atoms with van der Waals surface area (Å²) < 4.78 is 0. The van der Waals surface area contributed by atoms with E-state index in [1.54, 1.807) is 11.3 Å². The number of thiazole rings is 1. The molecule has 1 aliphatic carbocycles. The summed E-state index contributed by atoms with van der Waals surface area (Å²) in [6.07, 6.45) is 3.38. The molecule has 2 N–H and O–H groups in total. The molecule has 18 heavy (non-hydrogen) atoms.